The number of hydrogen-bond donors (Lipinski definition) is 1. The van der Waals surface area contributed by atoms with Gasteiger partial charge in [-0.2, -0.15) is 8.78 Å². The molecule has 1 aliphatic rings. The van der Waals surface area contributed by atoms with Gasteiger partial charge in [0.2, 0.25) is 6.10 Å². The summed E-state index contributed by atoms with van der Waals surface area (Å²) in [4.78, 5) is 22.6. The van der Waals surface area contributed by atoms with Gasteiger partial charge in [-0.25, -0.2) is 9.59 Å². The molecule has 0 radical (unpaired) electrons. The first-order chi connectivity index (χ1) is 8.96. The first kappa shape index (κ1) is 13.4. The molecule has 0 aromatic heterocycles. The fourth-order valence-corrected chi connectivity index (χ4v) is 1.67. The lowest BCUT2D eigenvalue weighted by atomic mass is 10.1. The van der Waals surface area contributed by atoms with Crippen LogP contribution in [0.15, 0.2) is 30.3 Å². The summed E-state index contributed by atoms with van der Waals surface area (Å²) in [5.41, 5.74) is 0.0642. The predicted octanol–water partition coefficient (Wildman–Crippen LogP) is 0.765. The van der Waals surface area contributed by atoms with Gasteiger partial charge < -0.3 is 14.6 Å². The molecular weight excluding hydrogens is 262 g/mol. The highest BCUT2D eigenvalue weighted by molar-refractivity contribution is 5.90. The van der Waals surface area contributed by atoms with E-state index in [0.717, 1.165) is 0 Å². The number of rotatable bonds is 3. The van der Waals surface area contributed by atoms with Crippen LogP contribution in [0.1, 0.15) is 10.4 Å². The molecule has 2 atom stereocenters. The zero-order chi connectivity index (χ0) is 14.0. The molecule has 7 heteroatoms. The number of aliphatic hydroxyl groups excluding tert-OH is 1. The average Bonchev–Trinajstić information content (AvgIpc) is 2.63. The molecule has 0 spiro atoms. The van der Waals surface area contributed by atoms with E-state index in [4.69, 9.17) is 5.11 Å². The van der Waals surface area contributed by atoms with Crippen LogP contribution in [0.2, 0.25) is 0 Å². The van der Waals surface area contributed by atoms with E-state index in [2.05, 4.69) is 9.47 Å². The lowest BCUT2D eigenvalue weighted by Crippen LogP contribution is -2.42. The molecule has 1 heterocycles. The van der Waals surface area contributed by atoms with Gasteiger partial charge in [-0.15, -0.1) is 0 Å². The summed E-state index contributed by atoms with van der Waals surface area (Å²) in [6, 6.07) is 7.48. The minimum atomic E-state index is -3.96. The van der Waals surface area contributed by atoms with Crippen LogP contribution in [0.3, 0.4) is 0 Å². The molecule has 1 aromatic rings. The molecule has 0 saturated carbocycles. The smallest absolute Gasteiger partial charge is 0.382 e. The Bertz CT molecular complexity index is 488. The minimum Gasteiger partial charge on any atom is -0.451 e. The first-order valence-electron chi connectivity index (χ1n) is 5.42. The summed E-state index contributed by atoms with van der Waals surface area (Å²) >= 11 is 0. The molecular formula is C12H10F2O5. The van der Waals surface area contributed by atoms with Crippen molar-refractivity contribution in [1.29, 1.82) is 0 Å². The molecule has 5 nitrogen and oxygen atoms in total. The van der Waals surface area contributed by atoms with Crippen molar-refractivity contribution in [2.45, 2.75) is 18.1 Å². The van der Waals surface area contributed by atoms with E-state index in [-0.39, 0.29) is 5.56 Å². The number of esters is 2. The number of carbonyl (C=O) groups excluding carboxylic acids is 2. The molecule has 0 amide bonds. The quantitative estimate of drug-likeness (QED) is 0.823. The van der Waals surface area contributed by atoms with E-state index < -0.39 is 36.7 Å². The number of halogens is 2. The van der Waals surface area contributed by atoms with Crippen molar-refractivity contribution in [2.75, 3.05) is 6.61 Å². The molecule has 2 unspecified atom stereocenters. The second-order valence-corrected chi connectivity index (χ2v) is 3.94. The van der Waals surface area contributed by atoms with Crippen LogP contribution < -0.4 is 0 Å². The second kappa shape index (κ2) is 4.93. The molecule has 0 bridgehead atoms. The fraction of sp³-hybridized carbons (Fsp3) is 0.333. The molecule has 1 N–H and O–H groups in total. The third-order valence-corrected chi connectivity index (χ3v) is 2.65. The number of cyclic esters (lactones) is 1. The van der Waals surface area contributed by atoms with Crippen molar-refractivity contribution in [3.63, 3.8) is 0 Å². The predicted molar refractivity (Wildman–Crippen MR) is 57.6 cm³/mol. The van der Waals surface area contributed by atoms with Gasteiger partial charge in [-0.3, -0.25) is 0 Å². The molecule has 1 aromatic carbocycles. The Morgan fingerprint density at radius 3 is 2.58 bits per heavy atom. The van der Waals surface area contributed by atoms with Gasteiger partial charge in [0.05, 0.1) is 12.2 Å². The van der Waals surface area contributed by atoms with Crippen molar-refractivity contribution in [3.05, 3.63) is 35.9 Å². The molecule has 1 aliphatic heterocycles. The zero-order valence-electron chi connectivity index (χ0n) is 9.58. The molecule has 1 saturated heterocycles. The Balaban J connectivity index is 2.17. The number of benzene rings is 1. The zero-order valence-corrected chi connectivity index (χ0v) is 9.58. The maximum absolute atomic E-state index is 13.5. The number of ether oxygens (including phenoxy) is 2. The highest BCUT2D eigenvalue weighted by Crippen LogP contribution is 2.34. The summed E-state index contributed by atoms with van der Waals surface area (Å²) < 4.78 is 35.8. The third kappa shape index (κ3) is 2.41. The molecule has 1 fully saturated rings. The number of alkyl halides is 2. The minimum absolute atomic E-state index is 0.0642. The summed E-state index contributed by atoms with van der Waals surface area (Å²) in [5, 5.41) is 8.87. The number of hydrogen-bond acceptors (Lipinski definition) is 5. The summed E-state index contributed by atoms with van der Waals surface area (Å²) in [5.74, 6) is -6.78. The van der Waals surface area contributed by atoms with Gasteiger partial charge in [0.25, 0.3) is 0 Å². The standard InChI is InChI=1S/C12H10F2O5/c13-12(14)9(8(6-15)18-11(12)17)19-10(16)7-4-2-1-3-5-7/h1-5,8-9,15H,6H2. The molecule has 19 heavy (non-hydrogen) atoms. The Morgan fingerprint density at radius 2 is 2.00 bits per heavy atom. The van der Waals surface area contributed by atoms with Gasteiger partial charge in [0.1, 0.15) is 0 Å². The third-order valence-electron chi connectivity index (χ3n) is 2.65. The van der Waals surface area contributed by atoms with Crippen molar-refractivity contribution < 1.29 is 33.0 Å². The van der Waals surface area contributed by atoms with Gasteiger partial charge in [0, 0.05) is 0 Å². The average molecular weight is 272 g/mol. The van der Waals surface area contributed by atoms with Crippen LogP contribution in [0.25, 0.3) is 0 Å². The lowest BCUT2D eigenvalue weighted by molar-refractivity contribution is -0.163. The maximum Gasteiger partial charge on any atom is 0.382 e. The molecule has 0 aliphatic carbocycles. The summed E-state index contributed by atoms with van der Waals surface area (Å²) in [7, 11) is 0. The van der Waals surface area contributed by atoms with Gasteiger partial charge >= 0.3 is 17.9 Å². The number of carbonyl (C=O) groups is 2. The van der Waals surface area contributed by atoms with Gasteiger partial charge in [-0.1, -0.05) is 18.2 Å². The van der Waals surface area contributed by atoms with E-state index in [1.54, 1.807) is 6.07 Å². The molecule has 2 rings (SSSR count). The normalized spacial score (nSPS) is 24.9. The van der Waals surface area contributed by atoms with E-state index in [0.29, 0.717) is 0 Å². The summed E-state index contributed by atoms with van der Waals surface area (Å²) in [6.07, 6.45) is -3.69. The van der Waals surface area contributed by atoms with Crippen LogP contribution in [0, 0.1) is 0 Å². The van der Waals surface area contributed by atoms with Gasteiger partial charge in [-0.05, 0) is 12.1 Å². The lowest BCUT2D eigenvalue weighted by Gasteiger charge is -2.19. The van der Waals surface area contributed by atoms with Crippen molar-refractivity contribution in [2.24, 2.45) is 0 Å². The number of aliphatic hydroxyl groups is 1. The van der Waals surface area contributed by atoms with Crippen LogP contribution in [-0.4, -0.2) is 41.8 Å². The maximum atomic E-state index is 13.5. The Labute approximate surface area is 106 Å². The first-order valence-corrected chi connectivity index (χ1v) is 5.42. The fourth-order valence-electron chi connectivity index (χ4n) is 1.67. The summed E-state index contributed by atoms with van der Waals surface area (Å²) in [6.45, 7) is -0.853. The Kier molecular flexibility index (Phi) is 3.48. The van der Waals surface area contributed by atoms with E-state index in [9.17, 15) is 18.4 Å². The van der Waals surface area contributed by atoms with E-state index in [1.807, 2.05) is 0 Å². The molecule has 102 valence electrons. The van der Waals surface area contributed by atoms with E-state index in [1.165, 1.54) is 24.3 Å². The van der Waals surface area contributed by atoms with E-state index >= 15 is 0 Å². The van der Waals surface area contributed by atoms with Crippen molar-refractivity contribution in [3.8, 4) is 0 Å². The van der Waals surface area contributed by atoms with Crippen LogP contribution in [0.4, 0.5) is 8.78 Å². The second-order valence-electron chi connectivity index (χ2n) is 3.94. The largest absolute Gasteiger partial charge is 0.451 e. The van der Waals surface area contributed by atoms with Gasteiger partial charge in [0.15, 0.2) is 6.10 Å². The topological polar surface area (TPSA) is 72.8 Å². The highest BCUT2D eigenvalue weighted by Gasteiger charge is 2.62. The van der Waals surface area contributed by atoms with Crippen LogP contribution in [0.5, 0.6) is 0 Å². The van der Waals surface area contributed by atoms with Crippen LogP contribution >= 0.6 is 0 Å². The van der Waals surface area contributed by atoms with Crippen molar-refractivity contribution >= 4 is 11.9 Å². The highest BCUT2D eigenvalue weighted by atomic mass is 19.3. The Morgan fingerprint density at radius 1 is 1.37 bits per heavy atom. The Hall–Kier alpha value is -2.02. The monoisotopic (exact) mass is 272 g/mol. The van der Waals surface area contributed by atoms with Crippen LogP contribution in [-0.2, 0) is 14.3 Å². The van der Waals surface area contributed by atoms with Crippen molar-refractivity contribution in [1.82, 2.24) is 0 Å². The SMILES string of the molecule is O=C(OC1C(CO)OC(=O)C1(F)F)c1ccccc1.